The van der Waals surface area contributed by atoms with E-state index in [0.29, 0.717) is 0 Å². The van der Waals surface area contributed by atoms with E-state index in [-0.39, 0.29) is 22.8 Å². The quantitative estimate of drug-likeness (QED) is 0.739. The van der Waals surface area contributed by atoms with Crippen molar-refractivity contribution in [3.63, 3.8) is 0 Å². The Balaban J connectivity index is 2.23. The van der Waals surface area contributed by atoms with Gasteiger partial charge in [-0.25, -0.2) is 0 Å². The second-order valence-corrected chi connectivity index (χ2v) is 6.00. The predicted octanol–water partition coefficient (Wildman–Crippen LogP) is 2.64. The summed E-state index contributed by atoms with van der Waals surface area (Å²) in [5.41, 5.74) is -3.34. The number of hydrogen-bond acceptors (Lipinski definition) is 4. The van der Waals surface area contributed by atoms with Crippen molar-refractivity contribution in [1.82, 2.24) is 5.01 Å². The van der Waals surface area contributed by atoms with Gasteiger partial charge in [0.25, 0.3) is 5.72 Å². The molecule has 0 radical (unpaired) electrons. The number of carbonyl (C=O) groups excluding carboxylic acids is 2. The topological polar surface area (TPSA) is 82.0 Å². The number of benzene rings is 1. The Bertz CT molecular complexity index is 691. The predicted molar refractivity (Wildman–Crippen MR) is 83.0 cm³/mol. The fourth-order valence-corrected chi connectivity index (χ4v) is 2.33. The fourth-order valence-electron chi connectivity index (χ4n) is 2.06. The molecule has 1 aromatic rings. The number of carbonyl (C=O) groups is 2. The molecule has 0 fully saturated rings. The van der Waals surface area contributed by atoms with E-state index in [9.17, 15) is 27.9 Å². The van der Waals surface area contributed by atoms with Crippen LogP contribution < -0.4 is 5.32 Å². The Hall–Kier alpha value is -1.94. The van der Waals surface area contributed by atoms with Crippen LogP contribution in [0, 0.1) is 0 Å². The monoisotopic (exact) mass is 407 g/mol. The lowest BCUT2D eigenvalue weighted by Gasteiger charge is -2.32. The third kappa shape index (κ3) is 3.44. The average molecular weight is 408 g/mol. The van der Waals surface area contributed by atoms with Crippen LogP contribution in [0.3, 0.4) is 0 Å². The highest BCUT2D eigenvalue weighted by atomic mass is 79.9. The summed E-state index contributed by atoms with van der Waals surface area (Å²) in [4.78, 5) is 24.0. The highest BCUT2D eigenvalue weighted by molar-refractivity contribution is 9.10. The SMILES string of the molecule is CCC1=NN(C(=O)C(=O)Nc2ccc(Br)cc2)[C@@](O)(C(F)(F)F)C1. The highest BCUT2D eigenvalue weighted by Gasteiger charge is 2.63. The van der Waals surface area contributed by atoms with Gasteiger partial charge < -0.3 is 10.4 Å². The van der Waals surface area contributed by atoms with Crippen LogP contribution in [0.1, 0.15) is 19.8 Å². The van der Waals surface area contributed by atoms with Crippen molar-refractivity contribution in [2.24, 2.45) is 5.10 Å². The van der Waals surface area contributed by atoms with Gasteiger partial charge in [0.15, 0.2) is 0 Å². The molecule has 2 rings (SSSR count). The molecule has 1 aliphatic rings. The molecule has 2 N–H and O–H groups in total. The number of rotatable bonds is 2. The third-order valence-corrected chi connectivity index (χ3v) is 3.92. The molecule has 10 heteroatoms. The van der Waals surface area contributed by atoms with E-state index in [1.54, 1.807) is 12.1 Å². The molecule has 0 saturated heterocycles. The van der Waals surface area contributed by atoms with Gasteiger partial charge in [0.1, 0.15) is 0 Å². The number of alkyl halides is 3. The van der Waals surface area contributed by atoms with Gasteiger partial charge in [0.05, 0.1) is 0 Å². The van der Waals surface area contributed by atoms with Crippen molar-refractivity contribution in [3.8, 4) is 0 Å². The van der Waals surface area contributed by atoms with Crippen molar-refractivity contribution >= 4 is 39.1 Å². The van der Waals surface area contributed by atoms with Gasteiger partial charge in [-0.2, -0.15) is 23.3 Å². The van der Waals surface area contributed by atoms with Crippen molar-refractivity contribution in [2.75, 3.05) is 5.32 Å². The summed E-state index contributed by atoms with van der Waals surface area (Å²) in [6, 6.07) is 6.07. The molecule has 0 spiro atoms. The zero-order chi connectivity index (χ0) is 18.1. The minimum absolute atomic E-state index is 0.0281. The van der Waals surface area contributed by atoms with Crippen LogP contribution in [-0.4, -0.2) is 39.5 Å². The van der Waals surface area contributed by atoms with E-state index < -0.39 is 30.1 Å². The fraction of sp³-hybridized carbons (Fsp3) is 0.357. The molecular weight excluding hydrogens is 395 g/mol. The van der Waals surface area contributed by atoms with Gasteiger partial charge in [-0.05, 0) is 30.7 Å². The van der Waals surface area contributed by atoms with Crippen molar-refractivity contribution in [2.45, 2.75) is 31.7 Å². The van der Waals surface area contributed by atoms with Gasteiger partial charge in [-0.1, -0.05) is 22.9 Å². The van der Waals surface area contributed by atoms with Crippen molar-refractivity contribution in [1.29, 1.82) is 0 Å². The lowest BCUT2D eigenvalue weighted by atomic mass is 10.1. The second kappa shape index (κ2) is 6.52. The maximum atomic E-state index is 13.1. The van der Waals surface area contributed by atoms with E-state index in [1.165, 1.54) is 19.1 Å². The Morgan fingerprint density at radius 1 is 1.38 bits per heavy atom. The van der Waals surface area contributed by atoms with Crippen molar-refractivity contribution in [3.05, 3.63) is 28.7 Å². The molecule has 0 bridgehead atoms. The first-order chi connectivity index (χ1) is 11.1. The standard InChI is InChI=1S/C14H13BrF3N3O3/c1-2-9-7-13(24,14(16,17)18)21(20-9)12(23)11(22)19-10-5-3-8(15)4-6-10/h3-6,24H,2,7H2,1H3,(H,19,22)/t13-/m0/s1. The molecule has 2 amide bonds. The smallest absolute Gasteiger partial charge is 0.362 e. The maximum absolute atomic E-state index is 13.1. The molecule has 0 saturated carbocycles. The Morgan fingerprint density at radius 2 is 1.96 bits per heavy atom. The summed E-state index contributed by atoms with van der Waals surface area (Å²) >= 11 is 3.18. The number of halogens is 4. The Morgan fingerprint density at radius 3 is 2.46 bits per heavy atom. The lowest BCUT2D eigenvalue weighted by molar-refractivity contribution is -0.301. The van der Waals surface area contributed by atoms with E-state index in [2.05, 4.69) is 26.3 Å². The Labute approximate surface area is 143 Å². The van der Waals surface area contributed by atoms with Crippen LogP contribution in [-0.2, 0) is 9.59 Å². The van der Waals surface area contributed by atoms with Gasteiger partial charge in [-0.3, -0.25) is 9.59 Å². The normalized spacial score (nSPS) is 20.8. The minimum Gasteiger partial charge on any atom is -0.362 e. The average Bonchev–Trinajstić information content (AvgIpc) is 2.87. The molecule has 1 atom stereocenters. The van der Waals surface area contributed by atoms with E-state index in [0.717, 1.165) is 4.47 Å². The number of nitrogens with one attached hydrogen (secondary N) is 1. The van der Waals surface area contributed by atoms with E-state index in [4.69, 9.17) is 0 Å². The number of aliphatic hydroxyl groups is 1. The van der Waals surface area contributed by atoms with Gasteiger partial charge in [-0.15, -0.1) is 0 Å². The largest absolute Gasteiger partial charge is 0.438 e. The van der Waals surface area contributed by atoms with E-state index in [1.807, 2.05) is 0 Å². The molecule has 1 heterocycles. The summed E-state index contributed by atoms with van der Waals surface area (Å²) in [5.74, 6) is -2.93. The number of amides is 2. The van der Waals surface area contributed by atoms with Crippen LogP contribution in [0.2, 0.25) is 0 Å². The molecule has 24 heavy (non-hydrogen) atoms. The second-order valence-electron chi connectivity index (χ2n) is 5.09. The number of hydrogen-bond donors (Lipinski definition) is 2. The first-order valence-electron chi connectivity index (χ1n) is 6.85. The summed E-state index contributed by atoms with van der Waals surface area (Å²) in [7, 11) is 0. The molecular formula is C14H13BrF3N3O3. The van der Waals surface area contributed by atoms with E-state index >= 15 is 0 Å². The molecule has 130 valence electrons. The first-order valence-corrected chi connectivity index (χ1v) is 7.64. The Kier molecular flexibility index (Phi) is 5.00. The number of hydrazone groups is 1. The minimum atomic E-state index is -5.15. The molecule has 6 nitrogen and oxygen atoms in total. The summed E-state index contributed by atoms with van der Waals surface area (Å²) < 4.78 is 40.2. The molecule has 1 aromatic carbocycles. The first kappa shape index (κ1) is 18.4. The van der Waals surface area contributed by atoms with Crippen LogP contribution in [0.15, 0.2) is 33.8 Å². The van der Waals surface area contributed by atoms with Gasteiger partial charge in [0, 0.05) is 22.3 Å². The molecule has 0 aromatic heterocycles. The van der Waals surface area contributed by atoms with Crippen LogP contribution in [0.5, 0.6) is 0 Å². The van der Waals surface area contributed by atoms with Crippen molar-refractivity contribution < 1.29 is 27.9 Å². The zero-order valence-corrected chi connectivity index (χ0v) is 14.0. The van der Waals surface area contributed by atoms with Crippen LogP contribution >= 0.6 is 15.9 Å². The molecule has 0 unspecified atom stereocenters. The van der Waals surface area contributed by atoms with Crippen LogP contribution in [0.25, 0.3) is 0 Å². The molecule has 0 aliphatic carbocycles. The summed E-state index contributed by atoms with van der Waals surface area (Å²) in [6.07, 6.45) is -5.93. The maximum Gasteiger partial charge on any atom is 0.438 e. The van der Waals surface area contributed by atoms with Gasteiger partial charge >= 0.3 is 18.0 Å². The van der Waals surface area contributed by atoms with Gasteiger partial charge in [0.2, 0.25) is 0 Å². The third-order valence-electron chi connectivity index (χ3n) is 3.39. The lowest BCUT2D eigenvalue weighted by Crippen LogP contribution is -2.58. The number of anilines is 1. The summed E-state index contributed by atoms with van der Waals surface area (Å²) in [6.45, 7) is 1.53. The number of nitrogens with zero attached hydrogens (tertiary/aromatic N) is 2. The zero-order valence-electron chi connectivity index (χ0n) is 12.4. The summed E-state index contributed by atoms with van der Waals surface area (Å²) in [5, 5.41) is 15.3. The highest BCUT2D eigenvalue weighted by Crippen LogP contribution is 2.40. The molecule has 1 aliphatic heterocycles. The van der Waals surface area contributed by atoms with Crippen LogP contribution in [0.4, 0.5) is 18.9 Å².